The summed E-state index contributed by atoms with van der Waals surface area (Å²) in [6.07, 6.45) is 1.28. The van der Waals surface area contributed by atoms with Crippen LogP contribution in [0, 0.1) is 6.92 Å². The summed E-state index contributed by atoms with van der Waals surface area (Å²) < 4.78 is 4.99. The zero-order valence-electron chi connectivity index (χ0n) is 14.7. The number of amides is 2. The predicted octanol–water partition coefficient (Wildman–Crippen LogP) is 2.96. The van der Waals surface area contributed by atoms with Gasteiger partial charge in [0.05, 0.1) is 22.8 Å². The number of aromatic nitrogens is 1. The average Bonchev–Trinajstić information content (AvgIpc) is 3.24. The van der Waals surface area contributed by atoms with Crippen LogP contribution < -0.4 is 10.2 Å². The molecule has 1 aliphatic rings. The summed E-state index contributed by atoms with van der Waals surface area (Å²) in [7, 11) is 0. The summed E-state index contributed by atoms with van der Waals surface area (Å²) >= 11 is 7.37. The number of rotatable bonds is 6. The molecule has 0 spiro atoms. The Hall–Kier alpha value is -2.45. The first-order valence-electron chi connectivity index (χ1n) is 8.39. The van der Waals surface area contributed by atoms with Crippen molar-refractivity contribution in [2.75, 3.05) is 23.4 Å². The van der Waals surface area contributed by atoms with Crippen molar-refractivity contribution >= 4 is 51.5 Å². The fourth-order valence-electron chi connectivity index (χ4n) is 2.60. The molecule has 1 fully saturated rings. The number of carbonyl (C=O) groups is 3. The molecule has 2 amide bonds. The molecule has 142 valence electrons. The highest BCUT2D eigenvalue weighted by Crippen LogP contribution is 2.25. The van der Waals surface area contributed by atoms with E-state index in [1.807, 2.05) is 13.0 Å². The molecular formula is C18H18ClN3O4S. The summed E-state index contributed by atoms with van der Waals surface area (Å²) in [5.74, 6) is -0.995. The van der Waals surface area contributed by atoms with Crippen LogP contribution in [0.4, 0.5) is 10.8 Å². The Labute approximate surface area is 165 Å². The minimum Gasteiger partial charge on any atom is -0.455 e. The first-order chi connectivity index (χ1) is 12.9. The zero-order chi connectivity index (χ0) is 19.4. The van der Waals surface area contributed by atoms with Crippen LogP contribution in [-0.2, 0) is 25.5 Å². The van der Waals surface area contributed by atoms with Crippen molar-refractivity contribution < 1.29 is 19.1 Å². The number of thiazole rings is 1. The van der Waals surface area contributed by atoms with Gasteiger partial charge in [0.15, 0.2) is 11.7 Å². The number of carbonyl (C=O) groups excluding carboxylic acids is 3. The number of hydrogen-bond acceptors (Lipinski definition) is 6. The third-order valence-corrected chi connectivity index (χ3v) is 5.16. The summed E-state index contributed by atoms with van der Waals surface area (Å²) in [4.78, 5) is 41.5. The van der Waals surface area contributed by atoms with Crippen LogP contribution in [0.1, 0.15) is 24.1 Å². The van der Waals surface area contributed by atoms with E-state index in [1.165, 1.54) is 11.3 Å². The van der Waals surface area contributed by atoms with Gasteiger partial charge in [0.1, 0.15) is 0 Å². The number of anilines is 2. The van der Waals surface area contributed by atoms with Crippen molar-refractivity contribution in [1.29, 1.82) is 0 Å². The van der Waals surface area contributed by atoms with Gasteiger partial charge in [-0.2, -0.15) is 0 Å². The number of benzene rings is 1. The molecule has 0 unspecified atom stereocenters. The van der Waals surface area contributed by atoms with Gasteiger partial charge in [-0.25, -0.2) is 4.98 Å². The van der Waals surface area contributed by atoms with Crippen LogP contribution in [0.5, 0.6) is 0 Å². The maximum atomic E-state index is 11.9. The smallest absolute Gasteiger partial charge is 0.312 e. The second-order valence-electron chi connectivity index (χ2n) is 6.14. The van der Waals surface area contributed by atoms with Crippen molar-refractivity contribution in [3.63, 3.8) is 0 Å². The summed E-state index contributed by atoms with van der Waals surface area (Å²) in [6, 6.07) is 5.24. The van der Waals surface area contributed by atoms with Crippen LogP contribution in [0.3, 0.4) is 0 Å². The van der Waals surface area contributed by atoms with Gasteiger partial charge >= 0.3 is 5.97 Å². The van der Waals surface area contributed by atoms with E-state index >= 15 is 0 Å². The number of ether oxygens (including phenoxy) is 1. The van der Waals surface area contributed by atoms with Crippen molar-refractivity contribution in [3.05, 3.63) is 39.9 Å². The number of aryl methyl sites for hydroxylation is 1. The number of halogens is 1. The molecule has 1 aromatic heterocycles. The molecule has 3 rings (SSSR count). The molecule has 0 bridgehead atoms. The lowest BCUT2D eigenvalue weighted by Crippen LogP contribution is -2.23. The van der Waals surface area contributed by atoms with Crippen LogP contribution in [-0.4, -0.2) is 35.9 Å². The van der Waals surface area contributed by atoms with E-state index in [0.717, 1.165) is 12.0 Å². The molecular weight excluding hydrogens is 390 g/mol. The van der Waals surface area contributed by atoms with Crippen LogP contribution in [0.25, 0.3) is 0 Å². The largest absolute Gasteiger partial charge is 0.455 e. The second kappa shape index (κ2) is 8.49. The number of nitrogens with zero attached hydrogens (tertiary/aromatic N) is 2. The van der Waals surface area contributed by atoms with Gasteiger partial charge in [-0.15, -0.1) is 11.3 Å². The standard InChI is InChI=1S/C18H18ClN3O4S/c1-11-4-5-14(13(19)7-11)21-15(23)9-26-17(25)8-12-10-27-18(20-12)22-6-2-3-16(22)24/h4-5,7,10H,2-3,6,8-9H2,1H3,(H,21,23). The molecule has 0 aliphatic carbocycles. The van der Waals surface area contributed by atoms with Gasteiger partial charge in [0.2, 0.25) is 5.91 Å². The minimum atomic E-state index is -0.565. The van der Waals surface area contributed by atoms with E-state index in [-0.39, 0.29) is 12.3 Å². The molecule has 2 aromatic rings. The molecule has 1 N–H and O–H groups in total. The van der Waals surface area contributed by atoms with Crippen LogP contribution in [0.2, 0.25) is 5.02 Å². The Morgan fingerprint density at radius 3 is 2.93 bits per heavy atom. The van der Waals surface area contributed by atoms with Gasteiger partial charge in [-0.3, -0.25) is 19.3 Å². The maximum absolute atomic E-state index is 11.9. The van der Waals surface area contributed by atoms with Crippen molar-refractivity contribution in [1.82, 2.24) is 4.98 Å². The normalized spacial score (nSPS) is 13.7. The molecule has 1 aromatic carbocycles. The Morgan fingerprint density at radius 1 is 1.41 bits per heavy atom. The number of esters is 1. The van der Waals surface area contributed by atoms with Gasteiger partial charge in [0.25, 0.3) is 5.91 Å². The highest BCUT2D eigenvalue weighted by atomic mass is 35.5. The monoisotopic (exact) mass is 407 g/mol. The van der Waals surface area contributed by atoms with E-state index < -0.39 is 18.5 Å². The lowest BCUT2D eigenvalue weighted by Gasteiger charge is -2.10. The summed E-state index contributed by atoms with van der Waals surface area (Å²) in [5.41, 5.74) is 1.95. The summed E-state index contributed by atoms with van der Waals surface area (Å²) in [5, 5.41) is 5.32. The van der Waals surface area contributed by atoms with Crippen molar-refractivity contribution in [3.8, 4) is 0 Å². The Kier molecular flexibility index (Phi) is 6.08. The Balaban J connectivity index is 1.47. The number of hydrogen-bond donors (Lipinski definition) is 1. The highest BCUT2D eigenvalue weighted by molar-refractivity contribution is 7.14. The maximum Gasteiger partial charge on any atom is 0.312 e. The molecule has 1 aliphatic heterocycles. The molecule has 2 heterocycles. The summed E-state index contributed by atoms with van der Waals surface area (Å²) in [6.45, 7) is 2.13. The lowest BCUT2D eigenvalue weighted by atomic mass is 10.2. The second-order valence-corrected chi connectivity index (χ2v) is 7.38. The van der Waals surface area contributed by atoms with E-state index in [4.69, 9.17) is 16.3 Å². The van der Waals surface area contributed by atoms with E-state index in [9.17, 15) is 14.4 Å². The zero-order valence-corrected chi connectivity index (χ0v) is 16.2. The fraction of sp³-hybridized carbons (Fsp3) is 0.333. The first kappa shape index (κ1) is 19.3. The average molecular weight is 408 g/mol. The topological polar surface area (TPSA) is 88.6 Å². The quantitative estimate of drug-likeness (QED) is 0.743. The first-order valence-corrected chi connectivity index (χ1v) is 9.64. The molecule has 7 nitrogen and oxygen atoms in total. The van der Waals surface area contributed by atoms with E-state index in [0.29, 0.717) is 34.5 Å². The van der Waals surface area contributed by atoms with Crippen molar-refractivity contribution in [2.24, 2.45) is 0 Å². The minimum absolute atomic E-state index is 0.0462. The van der Waals surface area contributed by atoms with Gasteiger partial charge in [-0.05, 0) is 31.0 Å². The molecule has 9 heteroatoms. The molecule has 1 saturated heterocycles. The molecule has 27 heavy (non-hydrogen) atoms. The van der Waals surface area contributed by atoms with Crippen molar-refractivity contribution in [2.45, 2.75) is 26.2 Å². The van der Waals surface area contributed by atoms with E-state index in [1.54, 1.807) is 22.4 Å². The third kappa shape index (κ3) is 5.05. The number of nitrogens with one attached hydrogen (secondary N) is 1. The van der Waals surface area contributed by atoms with Gasteiger partial charge < -0.3 is 10.1 Å². The van der Waals surface area contributed by atoms with Crippen LogP contribution in [0.15, 0.2) is 23.6 Å². The van der Waals surface area contributed by atoms with Gasteiger partial charge in [0, 0.05) is 18.3 Å². The molecule has 0 atom stereocenters. The van der Waals surface area contributed by atoms with E-state index in [2.05, 4.69) is 10.3 Å². The highest BCUT2D eigenvalue weighted by Gasteiger charge is 2.24. The predicted molar refractivity (Wildman–Crippen MR) is 103 cm³/mol. The van der Waals surface area contributed by atoms with Crippen LogP contribution >= 0.6 is 22.9 Å². The Bertz CT molecular complexity index is 883. The fourth-order valence-corrected chi connectivity index (χ4v) is 3.75. The Morgan fingerprint density at radius 2 is 2.22 bits per heavy atom. The SMILES string of the molecule is Cc1ccc(NC(=O)COC(=O)Cc2csc(N3CCCC3=O)n2)c(Cl)c1. The lowest BCUT2D eigenvalue weighted by molar-refractivity contribution is -0.146. The third-order valence-electron chi connectivity index (χ3n) is 3.93. The van der Waals surface area contributed by atoms with Gasteiger partial charge in [-0.1, -0.05) is 17.7 Å². The molecule has 0 radical (unpaired) electrons. The molecule has 0 saturated carbocycles.